The second-order valence-corrected chi connectivity index (χ2v) is 11.7. The number of allylic oxidation sites excluding steroid dienone is 1. The third kappa shape index (κ3) is 9.46. The second-order valence-electron chi connectivity index (χ2n) is 11.4. The smallest absolute Gasteiger partial charge is 0.342 e. The van der Waals surface area contributed by atoms with E-state index in [4.69, 9.17) is 25.9 Å². The van der Waals surface area contributed by atoms with Crippen molar-refractivity contribution in [3.05, 3.63) is 46.5 Å². The van der Waals surface area contributed by atoms with Crippen molar-refractivity contribution in [1.29, 1.82) is 0 Å². The van der Waals surface area contributed by atoms with E-state index < -0.39 is 29.7 Å². The maximum atomic E-state index is 13.2. The molecule has 0 aliphatic carbocycles. The maximum absolute atomic E-state index is 13.2. The normalized spacial score (nSPS) is 24.1. The highest BCUT2D eigenvalue weighted by Crippen LogP contribution is 2.37. The highest BCUT2D eigenvalue weighted by Gasteiger charge is 2.26. The number of ether oxygens (including phenoxy) is 2. The van der Waals surface area contributed by atoms with Crippen LogP contribution in [0.25, 0.3) is 0 Å². The molecule has 44 heavy (non-hydrogen) atoms. The van der Waals surface area contributed by atoms with Gasteiger partial charge in [0.25, 0.3) is 5.91 Å². The lowest BCUT2D eigenvalue weighted by Crippen LogP contribution is -2.38. The van der Waals surface area contributed by atoms with Gasteiger partial charge in [-0.05, 0) is 63.5 Å². The predicted molar refractivity (Wildman–Crippen MR) is 165 cm³/mol. The summed E-state index contributed by atoms with van der Waals surface area (Å²) in [7, 11) is 0. The Hall–Kier alpha value is -3.57. The number of halogens is 1. The zero-order chi connectivity index (χ0) is 31.5. The van der Waals surface area contributed by atoms with Crippen LogP contribution in [0.5, 0.6) is 11.5 Å². The number of phenols is 2. The minimum absolute atomic E-state index is 0.0522. The molecule has 12 heteroatoms. The molecule has 0 spiro atoms. The lowest BCUT2D eigenvalue weighted by molar-refractivity contribution is -0.138. The number of cyclic esters (lactones) is 1. The van der Waals surface area contributed by atoms with E-state index in [1.807, 2.05) is 17.1 Å². The maximum Gasteiger partial charge on any atom is 0.342 e. The van der Waals surface area contributed by atoms with Crippen LogP contribution in [0, 0.1) is 0 Å². The molecule has 2 atom stereocenters. The lowest BCUT2D eigenvalue weighted by Gasteiger charge is -2.27. The van der Waals surface area contributed by atoms with Gasteiger partial charge in [-0.1, -0.05) is 35.0 Å². The Morgan fingerprint density at radius 2 is 1.59 bits per heavy atom. The number of carbonyl (C=O) groups excluding carboxylic acids is 3. The molecule has 11 nitrogen and oxygen atoms in total. The number of aromatic hydroxyl groups is 2. The molecular weight excluding hydrogens is 590 g/mol. The van der Waals surface area contributed by atoms with Gasteiger partial charge < -0.3 is 34.3 Å². The molecule has 0 saturated carbocycles. The number of likely N-dealkylation sites (tertiary alicyclic amines) is 2. The summed E-state index contributed by atoms with van der Waals surface area (Å²) in [5.41, 5.74) is 0.182. The van der Waals surface area contributed by atoms with Gasteiger partial charge in [0.05, 0.1) is 16.8 Å². The van der Waals surface area contributed by atoms with Crippen LogP contribution in [-0.2, 0) is 30.3 Å². The number of nitrogens with zero attached hydrogens (tertiary/aromatic N) is 3. The number of carbonyl (C=O) groups is 3. The molecule has 2 fully saturated rings. The average molecular weight is 632 g/mol. The monoisotopic (exact) mass is 631 g/mol. The molecule has 3 aliphatic heterocycles. The molecule has 1 aromatic rings. The molecule has 240 valence electrons. The molecule has 2 saturated heterocycles. The second kappa shape index (κ2) is 16.5. The van der Waals surface area contributed by atoms with Gasteiger partial charge in [-0.15, -0.1) is 0 Å². The number of amides is 2. The number of fused-ring (bicyclic) bond motifs is 1. The summed E-state index contributed by atoms with van der Waals surface area (Å²) in [6.07, 6.45) is 12.8. The van der Waals surface area contributed by atoms with Crippen molar-refractivity contribution in [2.45, 2.75) is 76.9 Å². The Kier molecular flexibility index (Phi) is 12.5. The van der Waals surface area contributed by atoms with Crippen LogP contribution in [0.4, 0.5) is 0 Å². The van der Waals surface area contributed by atoms with Gasteiger partial charge in [0.1, 0.15) is 29.8 Å². The fraction of sp³-hybridized carbons (Fsp3) is 0.562. The molecule has 1 unspecified atom stereocenters. The Morgan fingerprint density at radius 3 is 2.25 bits per heavy atom. The highest BCUT2D eigenvalue weighted by atomic mass is 35.5. The highest BCUT2D eigenvalue weighted by molar-refractivity contribution is 6.33. The van der Waals surface area contributed by atoms with Gasteiger partial charge in [-0.3, -0.25) is 9.59 Å². The van der Waals surface area contributed by atoms with E-state index in [2.05, 4.69) is 5.16 Å². The van der Waals surface area contributed by atoms with Gasteiger partial charge >= 0.3 is 5.97 Å². The van der Waals surface area contributed by atoms with Crippen LogP contribution in [0.2, 0.25) is 5.02 Å². The van der Waals surface area contributed by atoms with E-state index in [1.54, 1.807) is 24.0 Å². The summed E-state index contributed by atoms with van der Waals surface area (Å²) in [5, 5.41) is 25.0. The first kappa shape index (κ1) is 33.3. The molecule has 2 N–H and O–H groups in total. The molecule has 3 heterocycles. The number of benzene rings is 1. The first-order valence-corrected chi connectivity index (χ1v) is 15.7. The van der Waals surface area contributed by atoms with Crippen LogP contribution in [0.15, 0.2) is 35.5 Å². The molecule has 3 aliphatic rings. The molecule has 4 rings (SSSR count). The van der Waals surface area contributed by atoms with E-state index in [0.29, 0.717) is 25.9 Å². The van der Waals surface area contributed by atoms with Crippen LogP contribution in [0.3, 0.4) is 0 Å². The van der Waals surface area contributed by atoms with Gasteiger partial charge in [0.2, 0.25) is 5.91 Å². The minimum Gasteiger partial charge on any atom is -0.507 e. The number of hydrogen-bond acceptors (Lipinski definition) is 9. The third-order valence-electron chi connectivity index (χ3n) is 7.90. The van der Waals surface area contributed by atoms with Crippen molar-refractivity contribution in [2.24, 2.45) is 5.16 Å². The number of piperidine rings is 2. The summed E-state index contributed by atoms with van der Waals surface area (Å²) in [6.45, 7) is 4.21. The van der Waals surface area contributed by atoms with Crippen molar-refractivity contribution in [3.63, 3.8) is 0 Å². The lowest BCUT2D eigenvalue weighted by atomic mass is 9.99. The molecule has 1 aromatic carbocycles. The largest absolute Gasteiger partial charge is 0.507 e. The summed E-state index contributed by atoms with van der Waals surface area (Å²) < 4.78 is 11.6. The fourth-order valence-corrected chi connectivity index (χ4v) is 5.67. The first-order chi connectivity index (χ1) is 21.2. The van der Waals surface area contributed by atoms with Crippen molar-refractivity contribution >= 4 is 35.1 Å². The predicted octanol–water partition coefficient (Wildman–Crippen LogP) is 4.53. The average Bonchev–Trinajstić information content (AvgIpc) is 3.02. The van der Waals surface area contributed by atoms with E-state index in [-0.39, 0.29) is 53.3 Å². The van der Waals surface area contributed by atoms with E-state index >= 15 is 0 Å². The van der Waals surface area contributed by atoms with Gasteiger partial charge in [-0.25, -0.2) is 4.79 Å². The SMILES string of the molecule is CC1C/C=C/[C@@H](OCC(=O)N2CCCCC2)C/C=C/C(=N\OCC(=O)N2CCCCC2)Cc2c(Cl)c(O)cc(O)c2C(=O)O1. The summed E-state index contributed by atoms with van der Waals surface area (Å²) in [5.74, 6) is -1.95. The number of phenolic OH excluding ortho intramolecular Hbond substituents is 2. The minimum atomic E-state index is -0.818. The van der Waals surface area contributed by atoms with Gasteiger partial charge in [0.15, 0.2) is 6.61 Å². The van der Waals surface area contributed by atoms with Crippen molar-refractivity contribution in [2.75, 3.05) is 39.4 Å². The Balaban J connectivity index is 1.57. The first-order valence-electron chi connectivity index (χ1n) is 15.4. The molecule has 2 amide bonds. The van der Waals surface area contributed by atoms with Gasteiger partial charge in [-0.2, -0.15) is 0 Å². The Bertz CT molecular complexity index is 1270. The Morgan fingerprint density at radius 1 is 0.955 bits per heavy atom. The number of rotatable bonds is 6. The third-order valence-corrected chi connectivity index (χ3v) is 8.32. The Labute approximate surface area is 263 Å². The van der Waals surface area contributed by atoms with E-state index in [9.17, 15) is 24.6 Å². The number of oxime groups is 1. The zero-order valence-electron chi connectivity index (χ0n) is 25.2. The van der Waals surface area contributed by atoms with Crippen LogP contribution < -0.4 is 0 Å². The standard InChI is InChI=1S/C32H42ClN3O8/c1-22-10-8-12-24(42-20-28(39)35-14-4-2-5-15-35)13-9-11-23(34-43-21-29(40)36-16-6-3-7-17-36)18-25-30(32(41)44-22)26(37)19-27(38)31(25)33/h8-9,11-12,19,22,24,37-38H,2-7,10,13-18,20-21H2,1H3/b11-9+,12-8+,34-23+/t22?,24-/m1/s1. The fourth-order valence-electron chi connectivity index (χ4n) is 5.45. The summed E-state index contributed by atoms with van der Waals surface area (Å²) in [4.78, 5) is 47.6. The molecular formula is C32H42ClN3O8. The summed E-state index contributed by atoms with van der Waals surface area (Å²) in [6, 6.07) is 0.990. The van der Waals surface area contributed by atoms with E-state index in [1.165, 1.54) is 0 Å². The number of esters is 1. The van der Waals surface area contributed by atoms with Crippen LogP contribution in [-0.4, -0.2) is 95.1 Å². The topological polar surface area (TPSA) is 138 Å². The van der Waals surface area contributed by atoms with Crippen LogP contribution in [0.1, 0.15) is 74.2 Å². The molecule has 0 aromatic heterocycles. The summed E-state index contributed by atoms with van der Waals surface area (Å²) >= 11 is 6.43. The molecule has 0 bridgehead atoms. The number of hydrogen-bond donors (Lipinski definition) is 2. The zero-order valence-corrected chi connectivity index (χ0v) is 26.0. The van der Waals surface area contributed by atoms with Crippen molar-refractivity contribution in [3.8, 4) is 11.5 Å². The van der Waals surface area contributed by atoms with Crippen molar-refractivity contribution < 1.29 is 38.9 Å². The van der Waals surface area contributed by atoms with Crippen LogP contribution >= 0.6 is 11.6 Å². The molecule has 0 radical (unpaired) electrons. The van der Waals surface area contributed by atoms with E-state index in [0.717, 1.165) is 57.7 Å². The van der Waals surface area contributed by atoms with Crippen molar-refractivity contribution in [1.82, 2.24) is 9.80 Å². The quantitative estimate of drug-likeness (QED) is 0.265. The van der Waals surface area contributed by atoms with Gasteiger partial charge in [0, 0.05) is 45.1 Å².